The zero-order valence-electron chi connectivity index (χ0n) is 14.3. The lowest BCUT2D eigenvalue weighted by Gasteiger charge is -2.15. The van der Waals surface area contributed by atoms with E-state index in [1.54, 1.807) is 18.2 Å². The molecule has 9 heteroatoms. The zero-order chi connectivity index (χ0) is 19.4. The highest BCUT2D eigenvalue weighted by Gasteiger charge is 2.20. The largest absolute Gasteiger partial charge is 0.490 e. The van der Waals surface area contributed by atoms with Crippen LogP contribution in [0.1, 0.15) is 23.0 Å². The topological polar surface area (TPSA) is 103 Å². The minimum atomic E-state index is -0.702. The predicted octanol–water partition coefficient (Wildman–Crippen LogP) is 3.86. The molecule has 0 aliphatic carbocycles. The number of benzene rings is 2. The van der Waals surface area contributed by atoms with Crippen molar-refractivity contribution in [2.24, 2.45) is 5.73 Å². The maximum atomic E-state index is 11.5. The number of nitrogens with two attached hydrogens (primary N) is 1. The van der Waals surface area contributed by atoms with Gasteiger partial charge in [-0.15, -0.1) is 0 Å². The zero-order valence-corrected chi connectivity index (χ0v) is 15.8. The molecule has 3 rings (SSSR count). The van der Waals surface area contributed by atoms with Crippen LogP contribution < -0.4 is 15.2 Å². The molecule has 0 saturated heterocycles. The summed E-state index contributed by atoms with van der Waals surface area (Å²) in [7, 11) is 0. The molecule has 0 saturated carbocycles. The Labute approximate surface area is 165 Å². The van der Waals surface area contributed by atoms with Crippen molar-refractivity contribution in [3.63, 3.8) is 0 Å². The van der Waals surface area contributed by atoms with Crippen LogP contribution in [0.15, 0.2) is 36.4 Å². The first-order valence-electron chi connectivity index (χ1n) is 8.04. The Morgan fingerprint density at radius 3 is 2.63 bits per heavy atom. The lowest BCUT2D eigenvalue weighted by atomic mass is 10.1. The summed E-state index contributed by atoms with van der Waals surface area (Å²) in [6.45, 7) is 2.45. The quantitative estimate of drug-likeness (QED) is 0.619. The number of nitrogens with zero attached hydrogens (tertiary/aromatic N) is 2. The third kappa shape index (κ3) is 4.15. The Hall–Kier alpha value is -2.77. The summed E-state index contributed by atoms with van der Waals surface area (Å²) < 4.78 is 11.5. The fourth-order valence-corrected chi connectivity index (χ4v) is 2.93. The smallest absolute Gasteiger partial charge is 0.271 e. The molecule has 0 unspecified atom stereocenters. The van der Waals surface area contributed by atoms with Crippen LogP contribution >= 0.6 is 23.2 Å². The predicted molar refractivity (Wildman–Crippen MR) is 102 cm³/mol. The van der Waals surface area contributed by atoms with Gasteiger partial charge >= 0.3 is 0 Å². The second-order valence-electron chi connectivity index (χ2n) is 5.48. The Kier molecular flexibility index (Phi) is 5.83. The molecule has 0 atom stereocenters. The highest BCUT2D eigenvalue weighted by Crippen LogP contribution is 2.40. The number of halogens is 2. The number of amides is 1. The van der Waals surface area contributed by atoms with Crippen LogP contribution in [0, 0.1) is 0 Å². The van der Waals surface area contributed by atoms with Gasteiger partial charge in [0.05, 0.1) is 11.6 Å². The van der Waals surface area contributed by atoms with Gasteiger partial charge in [-0.2, -0.15) is 15.4 Å². The molecule has 3 N–H and O–H groups in total. The number of carbonyl (C=O) groups excluding carboxylic acids is 1. The molecule has 140 valence electrons. The van der Waals surface area contributed by atoms with E-state index in [1.807, 2.05) is 25.1 Å². The van der Waals surface area contributed by atoms with Crippen LogP contribution in [0.4, 0.5) is 0 Å². The first-order chi connectivity index (χ1) is 13.0. The second kappa shape index (κ2) is 8.28. The van der Waals surface area contributed by atoms with E-state index < -0.39 is 5.91 Å². The van der Waals surface area contributed by atoms with Crippen LogP contribution in [-0.4, -0.2) is 27.9 Å². The first-order valence-corrected chi connectivity index (χ1v) is 8.80. The van der Waals surface area contributed by atoms with Gasteiger partial charge in [0, 0.05) is 16.1 Å². The molecule has 2 aromatic carbocycles. The van der Waals surface area contributed by atoms with Crippen LogP contribution in [0.3, 0.4) is 0 Å². The molecule has 1 amide bonds. The molecule has 0 aliphatic rings. The Balaban J connectivity index is 1.96. The van der Waals surface area contributed by atoms with Crippen LogP contribution in [0.2, 0.25) is 10.0 Å². The number of ether oxygens (including phenoxy) is 2. The summed E-state index contributed by atoms with van der Waals surface area (Å²) in [6.07, 6.45) is 0. The molecule has 0 bridgehead atoms. The third-order valence-corrected chi connectivity index (χ3v) is 4.34. The minimum absolute atomic E-state index is 0.0123. The molecule has 0 fully saturated rings. The van der Waals surface area contributed by atoms with Crippen molar-refractivity contribution in [2.45, 2.75) is 13.5 Å². The van der Waals surface area contributed by atoms with Gasteiger partial charge in [0.15, 0.2) is 17.2 Å². The summed E-state index contributed by atoms with van der Waals surface area (Å²) in [6, 6.07) is 10.6. The van der Waals surface area contributed by atoms with Crippen molar-refractivity contribution in [3.05, 3.63) is 57.7 Å². The highest BCUT2D eigenvalue weighted by molar-refractivity contribution is 6.32. The minimum Gasteiger partial charge on any atom is -0.490 e. The van der Waals surface area contributed by atoms with Gasteiger partial charge in [-0.3, -0.25) is 4.79 Å². The van der Waals surface area contributed by atoms with Crippen LogP contribution in [0.5, 0.6) is 11.5 Å². The fraction of sp³-hybridized carbons (Fsp3) is 0.167. The molecular formula is C18H16Cl2N4O3. The fourth-order valence-electron chi connectivity index (χ4n) is 2.48. The molecule has 0 spiro atoms. The van der Waals surface area contributed by atoms with Crippen LogP contribution in [-0.2, 0) is 6.61 Å². The SMILES string of the molecule is CCOc1cc(-c2n[nH]nc2C(N)=O)cc(Cl)c1OCc1ccccc1Cl. The van der Waals surface area contributed by atoms with E-state index in [1.165, 1.54) is 0 Å². The average molecular weight is 407 g/mol. The van der Waals surface area contributed by atoms with Crippen molar-refractivity contribution < 1.29 is 14.3 Å². The Morgan fingerprint density at radius 2 is 1.93 bits per heavy atom. The number of hydrogen-bond acceptors (Lipinski definition) is 5. The van der Waals surface area contributed by atoms with E-state index in [9.17, 15) is 4.79 Å². The number of aromatic amines is 1. The number of primary amides is 1. The molecule has 3 aromatic rings. The van der Waals surface area contributed by atoms with Gasteiger partial charge in [0.2, 0.25) is 0 Å². The van der Waals surface area contributed by atoms with E-state index in [2.05, 4.69) is 15.4 Å². The third-order valence-electron chi connectivity index (χ3n) is 3.69. The van der Waals surface area contributed by atoms with Gasteiger partial charge in [0.25, 0.3) is 5.91 Å². The van der Waals surface area contributed by atoms with Gasteiger partial charge in [0.1, 0.15) is 12.3 Å². The van der Waals surface area contributed by atoms with Crippen LogP contribution in [0.25, 0.3) is 11.3 Å². The van der Waals surface area contributed by atoms with Gasteiger partial charge in [-0.1, -0.05) is 41.4 Å². The summed E-state index contributed by atoms with van der Waals surface area (Å²) in [5.41, 5.74) is 6.96. The van der Waals surface area contributed by atoms with Gasteiger partial charge in [-0.05, 0) is 25.1 Å². The Morgan fingerprint density at radius 1 is 1.15 bits per heavy atom. The number of rotatable bonds is 7. The molecule has 0 aliphatic heterocycles. The van der Waals surface area contributed by atoms with E-state index in [0.29, 0.717) is 33.7 Å². The average Bonchev–Trinajstić information content (AvgIpc) is 3.12. The molecule has 1 heterocycles. The lowest BCUT2D eigenvalue weighted by Crippen LogP contribution is -2.12. The first kappa shape index (κ1) is 19.0. The van der Waals surface area contributed by atoms with Crippen molar-refractivity contribution in [3.8, 4) is 22.8 Å². The number of H-pyrrole nitrogens is 1. The Bertz CT molecular complexity index is 975. The van der Waals surface area contributed by atoms with Crippen molar-refractivity contribution in [1.82, 2.24) is 15.4 Å². The van der Waals surface area contributed by atoms with E-state index in [0.717, 1.165) is 5.56 Å². The standard InChI is InChI=1S/C18H16Cl2N4O3/c1-2-26-14-8-11(15-16(18(21)25)23-24-22-15)7-13(20)17(14)27-9-10-5-3-4-6-12(10)19/h3-8H,2,9H2,1H3,(H2,21,25)(H,22,23,24). The molecule has 27 heavy (non-hydrogen) atoms. The highest BCUT2D eigenvalue weighted by atomic mass is 35.5. The molecule has 1 aromatic heterocycles. The summed E-state index contributed by atoms with van der Waals surface area (Å²) in [5, 5.41) is 11.0. The second-order valence-corrected chi connectivity index (χ2v) is 6.30. The molecular weight excluding hydrogens is 391 g/mol. The van der Waals surface area contributed by atoms with E-state index in [-0.39, 0.29) is 18.0 Å². The summed E-state index contributed by atoms with van der Waals surface area (Å²) in [4.78, 5) is 11.5. The summed E-state index contributed by atoms with van der Waals surface area (Å²) in [5.74, 6) is 0.0728. The number of nitrogens with one attached hydrogen (secondary N) is 1. The molecule has 0 radical (unpaired) electrons. The summed E-state index contributed by atoms with van der Waals surface area (Å²) >= 11 is 12.6. The van der Waals surface area contributed by atoms with Crippen molar-refractivity contribution in [1.29, 1.82) is 0 Å². The molecule has 7 nitrogen and oxygen atoms in total. The number of hydrogen-bond donors (Lipinski definition) is 2. The maximum Gasteiger partial charge on any atom is 0.271 e. The number of aromatic nitrogens is 3. The monoisotopic (exact) mass is 406 g/mol. The van der Waals surface area contributed by atoms with E-state index in [4.69, 9.17) is 38.4 Å². The van der Waals surface area contributed by atoms with Gasteiger partial charge in [-0.25, -0.2) is 0 Å². The van der Waals surface area contributed by atoms with E-state index >= 15 is 0 Å². The number of carbonyl (C=O) groups is 1. The normalized spacial score (nSPS) is 10.6. The lowest BCUT2D eigenvalue weighted by molar-refractivity contribution is 0.0996. The van der Waals surface area contributed by atoms with Crippen molar-refractivity contribution in [2.75, 3.05) is 6.61 Å². The maximum absolute atomic E-state index is 11.5. The van der Waals surface area contributed by atoms with Gasteiger partial charge < -0.3 is 15.2 Å². The van der Waals surface area contributed by atoms with Crippen molar-refractivity contribution >= 4 is 29.1 Å².